The van der Waals surface area contributed by atoms with Crippen LogP contribution in [0.4, 0.5) is 0 Å². The predicted octanol–water partition coefficient (Wildman–Crippen LogP) is 0.0600. The van der Waals surface area contributed by atoms with E-state index in [1.54, 1.807) is 0 Å². The second kappa shape index (κ2) is 5.53. The summed E-state index contributed by atoms with van der Waals surface area (Å²) in [6, 6.07) is -0.387. The number of aliphatic carboxylic acids is 1. The van der Waals surface area contributed by atoms with E-state index >= 15 is 0 Å². The quantitative estimate of drug-likeness (QED) is 0.577. The standard InChI is InChI=1S/C6H15NO3Si.ClH/c1-11(2,4-8)3-5(7)6(9)10;/h5,8H,3-4,7H2,1-2H3,(H,9,10);1H/t5-;/m0./s1. The van der Waals surface area contributed by atoms with Crippen molar-refractivity contribution in [2.75, 3.05) is 6.23 Å². The van der Waals surface area contributed by atoms with Gasteiger partial charge in [-0.25, -0.2) is 0 Å². The van der Waals surface area contributed by atoms with Gasteiger partial charge in [0.2, 0.25) is 0 Å². The van der Waals surface area contributed by atoms with E-state index in [1.165, 1.54) is 0 Å². The lowest BCUT2D eigenvalue weighted by Crippen LogP contribution is -2.42. The lowest BCUT2D eigenvalue weighted by atomic mass is 10.4. The van der Waals surface area contributed by atoms with Crippen molar-refractivity contribution in [1.82, 2.24) is 0 Å². The van der Waals surface area contributed by atoms with Crippen molar-refractivity contribution in [2.45, 2.75) is 25.2 Å². The van der Waals surface area contributed by atoms with Gasteiger partial charge in [0, 0.05) is 6.23 Å². The largest absolute Gasteiger partial charge is 0.480 e. The summed E-state index contributed by atoms with van der Waals surface area (Å²) < 4.78 is 0. The zero-order valence-electron chi connectivity index (χ0n) is 7.28. The van der Waals surface area contributed by atoms with Gasteiger partial charge in [-0.1, -0.05) is 13.1 Å². The molecule has 0 heterocycles. The first-order chi connectivity index (χ1) is 4.89. The van der Waals surface area contributed by atoms with Crippen molar-refractivity contribution < 1.29 is 15.0 Å². The molecule has 0 aromatic rings. The Bertz CT molecular complexity index is 154. The second-order valence-electron chi connectivity index (χ2n) is 3.47. The molecular weight excluding hydrogens is 198 g/mol. The first kappa shape index (κ1) is 14.4. The minimum absolute atomic E-state index is 0. The van der Waals surface area contributed by atoms with Crippen LogP contribution in [0, 0.1) is 0 Å². The van der Waals surface area contributed by atoms with Crippen LogP contribution in [0.2, 0.25) is 19.1 Å². The van der Waals surface area contributed by atoms with Crippen LogP contribution in [0.1, 0.15) is 0 Å². The molecule has 0 bridgehead atoms. The van der Waals surface area contributed by atoms with Crippen LogP contribution in [-0.4, -0.2) is 36.5 Å². The fourth-order valence-electron chi connectivity index (χ4n) is 0.747. The van der Waals surface area contributed by atoms with Crippen molar-refractivity contribution in [1.29, 1.82) is 0 Å². The van der Waals surface area contributed by atoms with Gasteiger partial charge in [-0.2, -0.15) is 0 Å². The monoisotopic (exact) mass is 213 g/mol. The molecule has 0 saturated carbocycles. The van der Waals surface area contributed by atoms with E-state index in [0.29, 0.717) is 6.04 Å². The van der Waals surface area contributed by atoms with E-state index in [2.05, 4.69) is 0 Å². The molecular formula is C6H16ClNO3Si. The number of nitrogens with two attached hydrogens (primary N) is 1. The maximum Gasteiger partial charge on any atom is 0.320 e. The molecule has 0 aliphatic rings. The van der Waals surface area contributed by atoms with Crippen LogP contribution in [0.15, 0.2) is 0 Å². The fourth-order valence-corrected chi connectivity index (χ4v) is 2.24. The van der Waals surface area contributed by atoms with Gasteiger partial charge in [-0.3, -0.25) is 4.79 Å². The highest BCUT2D eigenvalue weighted by atomic mass is 35.5. The third kappa shape index (κ3) is 5.53. The SMILES string of the molecule is C[Si](C)(CO)C[C@H](N)C(=O)O.Cl. The topological polar surface area (TPSA) is 83.5 Å². The van der Waals surface area contributed by atoms with Crippen LogP contribution in [0.3, 0.4) is 0 Å². The minimum Gasteiger partial charge on any atom is -0.480 e. The van der Waals surface area contributed by atoms with Crippen molar-refractivity contribution in [3.8, 4) is 0 Å². The number of carbonyl (C=O) groups is 1. The smallest absolute Gasteiger partial charge is 0.320 e. The van der Waals surface area contributed by atoms with E-state index in [4.69, 9.17) is 15.9 Å². The molecule has 12 heavy (non-hydrogen) atoms. The Hall–Kier alpha value is -0.103. The molecule has 0 aromatic carbocycles. The minimum atomic E-state index is -1.75. The Kier molecular flexibility index (Phi) is 6.64. The molecule has 74 valence electrons. The van der Waals surface area contributed by atoms with Crippen LogP contribution in [-0.2, 0) is 4.79 Å². The lowest BCUT2D eigenvalue weighted by molar-refractivity contribution is -0.138. The normalized spacial score (nSPS) is 13.3. The summed E-state index contributed by atoms with van der Waals surface area (Å²) in [6.07, 6.45) is 0.0913. The Morgan fingerprint density at radius 3 is 2.25 bits per heavy atom. The highest BCUT2D eigenvalue weighted by Gasteiger charge is 2.26. The number of halogens is 1. The lowest BCUT2D eigenvalue weighted by Gasteiger charge is -2.20. The predicted molar refractivity (Wildman–Crippen MR) is 52.2 cm³/mol. The van der Waals surface area contributed by atoms with Gasteiger partial charge in [0.1, 0.15) is 6.04 Å². The molecule has 0 aliphatic carbocycles. The fraction of sp³-hybridized carbons (Fsp3) is 0.833. The summed E-state index contributed by atoms with van der Waals surface area (Å²) in [4.78, 5) is 10.3. The van der Waals surface area contributed by atoms with E-state index in [-0.39, 0.29) is 18.6 Å². The van der Waals surface area contributed by atoms with Gasteiger partial charge in [0.05, 0.1) is 8.07 Å². The highest BCUT2D eigenvalue weighted by Crippen LogP contribution is 2.09. The molecule has 0 saturated heterocycles. The molecule has 6 heteroatoms. The average Bonchev–Trinajstić information content (AvgIpc) is 1.87. The van der Waals surface area contributed by atoms with Gasteiger partial charge >= 0.3 is 5.97 Å². The van der Waals surface area contributed by atoms with Crippen LogP contribution >= 0.6 is 12.4 Å². The summed E-state index contributed by atoms with van der Waals surface area (Å²) in [6.45, 7) is 3.82. The third-order valence-electron chi connectivity index (χ3n) is 1.52. The molecule has 0 rings (SSSR count). The zero-order valence-corrected chi connectivity index (χ0v) is 9.10. The van der Waals surface area contributed by atoms with Gasteiger partial charge in [-0.15, -0.1) is 12.4 Å². The summed E-state index contributed by atoms with van der Waals surface area (Å²) in [5.74, 6) is -0.987. The average molecular weight is 214 g/mol. The van der Waals surface area contributed by atoms with Crippen molar-refractivity contribution >= 4 is 26.5 Å². The number of rotatable bonds is 4. The van der Waals surface area contributed by atoms with Gasteiger partial charge in [-0.05, 0) is 6.04 Å². The molecule has 1 atom stereocenters. The van der Waals surface area contributed by atoms with Crippen LogP contribution < -0.4 is 5.73 Å². The van der Waals surface area contributed by atoms with Crippen LogP contribution in [0.25, 0.3) is 0 Å². The molecule has 4 N–H and O–H groups in total. The van der Waals surface area contributed by atoms with Crippen molar-refractivity contribution in [2.24, 2.45) is 5.73 Å². The summed E-state index contributed by atoms with van der Waals surface area (Å²) >= 11 is 0. The highest BCUT2D eigenvalue weighted by molar-refractivity contribution is 6.77. The number of hydrogen-bond donors (Lipinski definition) is 3. The molecule has 0 aromatic heterocycles. The maximum absolute atomic E-state index is 10.3. The zero-order chi connectivity index (χ0) is 9.07. The summed E-state index contributed by atoms with van der Waals surface area (Å²) in [5, 5.41) is 17.3. The number of carboxylic acid groups (broad SMARTS) is 1. The maximum atomic E-state index is 10.3. The number of hydrogen-bond acceptors (Lipinski definition) is 3. The van der Waals surface area contributed by atoms with E-state index < -0.39 is 20.1 Å². The van der Waals surface area contributed by atoms with Gasteiger partial charge in [0.15, 0.2) is 0 Å². The molecule has 0 amide bonds. The molecule has 0 unspecified atom stereocenters. The third-order valence-corrected chi connectivity index (χ3v) is 3.92. The number of carboxylic acids is 1. The Balaban J connectivity index is 0. The van der Waals surface area contributed by atoms with Crippen molar-refractivity contribution in [3.05, 3.63) is 0 Å². The Morgan fingerprint density at radius 2 is 2.00 bits per heavy atom. The van der Waals surface area contributed by atoms with E-state index in [9.17, 15) is 4.79 Å². The molecule has 0 fully saturated rings. The number of aliphatic hydroxyl groups excluding tert-OH is 1. The van der Waals surface area contributed by atoms with Crippen molar-refractivity contribution in [3.63, 3.8) is 0 Å². The summed E-state index contributed by atoms with van der Waals surface area (Å²) in [7, 11) is -1.75. The van der Waals surface area contributed by atoms with Gasteiger partial charge < -0.3 is 15.9 Å². The number of aliphatic hydroxyl groups is 1. The van der Waals surface area contributed by atoms with Gasteiger partial charge in [0.25, 0.3) is 0 Å². The second-order valence-corrected chi connectivity index (χ2v) is 8.52. The molecule has 4 nitrogen and oxygen atoms in total. The Morgan fingerprint density at radius 1 is 1.58 bits per heavy atom. The molecule has 0 radical (unpaired) electrons. The van der Waals surface area contributed by atoms with E-state index in [1.807, 2.05) is 13.1 Å². The Labute approximate surface area is 79.2 Å². The van der Waals surface area contributed by atoms with E-state index in [0.717, 1.165) is 0 Å². The summed E-state index contributed by atoms with van der Waals surface area (Å²) in [5.41, 5.74) is 5.30. The molecule has 0 aliphatic heterocycles. The van der Waals surface area contributed by atoms with Crippen LogP contribution in [0.5, 0.6) is 0 Å². The first-order valence-corrected chi connectivity index (χ1v) is 6.90. The first-order valence-electron chi connectivity index (χ1n) is 3.48. The molecule has 0 spiro atoms.